The monoisotopic (exact) mass is 269 g/mol. The molecule has 0 saturated heterocycles. The molecule has 0 bridgehead atoms. The summed E-state index contributed by atoms with van der Waals surface area (Å²) >= 11 is 0. The molecule has 0 aliphatic rings. The van der Waals surface area contributed by atoms with Gasteiger partial charge in [-0.2, -0.15) is 9.90 Å². The molecular weight excluding hydrogens is 241 g/mol. The average Bonchev–Trinajstić information content (AvgIpc) is 2.20. The van der Waals surface area contributed by atoms with Gasteiger partial charge in [0, 0.05) is 19.8 Å². The molecule has 0 N–H and O–H groups in total. The van der Waals surface area contributed by atoms with Crippen LogP contribution in [0.2, 0.25) is 0 Å². The van der Waals surface area contributed by atoms with E-state index in [-0.39, 0.29) is 9.90 Å². The molecule has 4 nitrogen and oxygen atoms in total. The van der Waals surface area contributed by atoms with Crippen molar-refractivity contribution in [2.75, 3.05) is 32.9 Å². The Balaban J connectivity index is 0. The van der Waals surface area contributed by atoms with Crippen LogP contribution in [0.15, 0.2) is 0 Å². The third-order valence-corrected chi connectivity index (χ3v) is 5.50. The van der Waals surface area contributed by atoms with E-state index < -0.39 is 8.97 Å². The fourth-order valence-corrected chi connectivity index (χ4v) is 4.22. The number of rotatable bonds is 9. The normalized spacial score (nSPS) is 11.6. The topological polar surface area (TPSA) is 30.9 Å². The smallest absolute Gasteiger partial charge is 0.361 e. The van der Waals surface area contributed by atoms with Gasteiger partial charge >= 0.3 is 8.97 Å². The molecule has 100 valence electrons. The van der Waals surface area contributed by atoms with Crippen LogP contribution in [0, 0.1) is 0 Å². The standard InChI is InChI=1S/C10H25NO3Si.H3P/c1-6-11(7-2)15(12-8-3,13-9-4)14-10-5;/h6-10H2,1-5H3;1H3. The van der Waals surface area contributed by atoms with Crippen LogP contribution in [-0.2, 0) is 13.3 Å². The Kier molecular flexibility index (Phi) is 12.5. The second kappa shape index (κ2) is 10.6. The van der Waals surface area contributed by atoms with Crippen molar-refractivity contribution in [3.63, 3.8) is 0 Å². The molecule has 0 aromatic heterocycles. The third kappa shape index (κ3) is 5.21. The van der Waals surface area contributed by atoms with Gasteiger partial charge in [-0.1, -0.05) is 13.8 Å². The highest BCUT2D eigenvalue weighted by Crippen LogP contribution is 2.15. The molecule has 0 saturated carbocycles. The minimum atomic E-state index is -2.59. The molecule has 1 atom stereocenters. The maximum atomic E-state index is 5.77. The van der Waals surface area contributed by atoms with Gasteiger partial charge in [0.1, 0.15) is 0 Å². The van der Waals surface area contributed by atoms with Gasteiger partial charge in [-0.15, -0.1) is 0 Å². The van der Waals surface area contributed by atoms with Gasteiger partial charge in [0.15, 0.2) is 0 Å². The van der Waals surface area contributed by atoms with Crippen LogP contribution in [0.25, 0.3) is 0 Å². The highest BCUT2D eigenvalue weighted by molar-refractivity contribution is 6.92. The molecule has 0 aromatic carbocycles. The summed E-state index contributed by atoms with van der Waals surface area (Å²) in [5, 5.41) is 0. The van der Waals surface area contributed by atoms with Crippen molar-refractivity contribution in [2.24, 2.45) is 0 Å². The van der Waals surface area contributed by atoms with Crippen molar-refractivity contribution in [3.8, 4) is 0 Å². The van der Waals surface area contributed by atoms with Crippen LogP contribution in [0.1, 0.15) is 34.6 Å². The molecule has 0 amide bonds. The van der Waals surface area contributed by atoms with Crippen molar-refractivity contribution in [1.82, 2.24) is 4.57 Å². The van der Waals surface area contributed by atoms with Crippen molar-refractivity contribution in [2.45, 2.75) is 34.6 Å². The molecule has 6 heteroatoms. The lowest BCUT2D eigenvalue weighted by molar-refractivity contribution is 0.0195. The summed E-state index contributed by atoms with van der Waals surface area (Å²) in [5.74, 6) is 0. The number of hydrogen-bond acceptors (Lipinski definition) is 4. The Labute approximate surface area is 105 Å². The molecule has 1 unspecified atom stereocenters. The van der Waals surface area contributed by atoms with Gasteiger partial charge in [0.05, 0.1) is 0 Å². The molecule has 0 rings (SSSR count). The van der Waals surface area contributed by atoms with Crippen molar-refractivity contribution in [3.05, 3.63) is 0 Å². The summed E-state index contributed by atoms with van der Waals surface area (Å²) in [6, 6.07) is 0. The molecule has 0 aromatic rings. The van der Waals surface area contributed by atoms with Crippen molar-refractivity contribution < 1.29 is 13.3 Å². The number of nitrogens with zero attached hydrogens (tertiary/aromatic N) is 1. The maximum absolute atomic E-state index is 5.77. The summed E-state index contributed by atoms with van der Waals surface area (Å²) in [6.07, 6.45) is 0. The Morgan fingerprint density at radius 1 is 0.750 bits per heavy atom. The van der Waals surface area contributed by atoms with Gasteiger partial charge in [0.25, 0.3) is 0 Å². The van der Waals surface area contributed by atoms with Crippen LogP contribution in [0.5, 0.6) is 0 Å². The molecule has 0 heterocycles. The van der Waals surface area contributed by atoms with Crippen molar-refractivity contribution in [1.29, 1.82) is 0 Å². The molecular formula is C10H28NO3PSi. The van der Waals surface area contributed by atoms with E-state index in [0.717, 1.165) is 13.1 Å². The van der Waals surface area contributed by atoms with Gasteiger partial charge in [-0.25, -0.2) is 0 Å². The Morgan fingerprint density at radius 3 is 1.25 bits per heavy atom. The minimum absolute atomic E-state index is 0. The second-order valence-electron chi connectivity index (χ2n) is 3.00. The molecule has 0 aliphatic carbocycles. The van der Waals surface area contributed by atoms with Gasteiger partial charge in [-0.05, 0) is 33.9 Å². The summed E-state index contributed by atoms with van der Waals surface area (Å²) in [4.78, 5) is 0. The van der Waals surface area contributed by atoms with Crippen LogP contribution in [0.3, 0.4) is 0 Å². The Hall–Kier alpha value is 0.487. The maximum Gasteiger partial charge on any atom is 0.599 e. The molecule has 0 fully saturated rings. The highest BCUT2D eigenvalue weighted by atomic mass is 31.0. The second-order valence-corrected chi connectivity index (χ2v) is 5.54. The number of hydrogen-bond donors (Lipinski definition) is 0. The van der Waals surface area contributed by atoms with Crippen LogP contribution < -0.4 is 0 Å². The third-order valence-electron chi connectivity index (χ3n) is 2.13. The molecule has 0 spiro atoms. The van der Waals surface area contributed by atoms with Crippen LogP contribution in [-0.4, -0.2) is 46.4 Å². The average molecular weight is 269 g/mol. The van der Waals surface area contributed by atoms with Gasteiger partial charge < -0.3 is 13.3 Å². The van der Waals surface area contributed by atoms with Crippen molar-refractivity contribution >= 4 is 18.9 Å². The fraction of sp³-hybridized carbons (Fsp3) is 1.00. The summed E-state index contributed by atoms with van der Waals surface area (Å²) in [5.41, 5.74) is 0. The quantitative estimate of drug-likeness (QED) is 0.473. The first kappa shape index (κ1) is 18.8. The first-order valence-corrected chi connectivity index (χ1v) is 7.54. The summed E-state index contributed by atoms with van der Waals surface area (Å²) in [7, 11) is -2.59. The SMILES string of the molecule is CCO[Si](OCC)(OCC)N(CC)CC.P. The zero-order chi connectivity index (χ0) is 11.7. The first-order chi connectivity index (χ1) is 7.20. The van der Waals surface area contributed by atoms with Gasteiger partial charge in [-0.3, -0.25) is 4.57 Å². The van der Waals surface area contributed by atoms with Crippen LogP contribution in [0.4, 0.5) is 0 Å². The highest BCUT2D eigenvalue weighted by Gasteiger charge is 2.47. The van der Waals surface area contributed by atoms with E-state index in [9.17, 15) is 0 Å². The lowest BCUT2D eigenvalue weighted by Crippen LogP contribution is -2.61. The van der Waals surface area contributed by atoms with E-state index in [4.69, 9.17) is 13.3 Å². The fourth-order valence-electron chi connectivity index (χ4n) is 1.56. The first-order valence-electron chi connectivity index (χ1n) is 5.87. The van der Waals surface area contributed by atoms with E-state index >= 15 is 0 Å². The Morgan fingerprint density at radius 2 is 1.06 bits per heavy atom. The van der Waals surface area contributed by atoms with E-state index in [0.29, 0.717) is 19.8 Å². The predicted octanol–water partition coefficient (Wildman–Crippen LogP) is 1.93. The van der Waals surface area contributed by atoms with Crippen LogP contribution >= 0.6 is 9.90 Å². The predicted molar refractivity (Wildman–Crippen MR) is 74.7 cm³/mol. The lowest BCUT2D eigenvalue weighted by atomic mass is 10.7. The summed E-state index contributed by atoms with van der Waals surface area (Å²) in [6.45, 7) is 13.8. The van der Waals surface area contributed by atoms with E-state index in [1.807, 2.05) is 20.8 Å². The van der Waals surface area contributed by atoms with E-state index in [2.05, 4.69) is 18.4 Å². The lowest BCUT2D eigenvalue weighted by Gasteiger charge is -2.36. The van der Waals surface area contributed by atoms with E-state index in [1.165, 1.54) is 0 Å². The van der Waals surface area contributed by atoms with E-state index in [1.54, 1.807) is 0 Å². The minimum Gasteiger partial charge on any atom is -0.361 e. The largest absolute Gasteiger partial charge is 0.599 e. The molecule has 0 aliphatic heterocycles. The molecule has 16 heavy (non-hydrogen) atoms. The summed E-state index contributed by atoms with van der Waals surface area (Å²) < 4.78 is 19.5. The zero-order valence-electron chi connectivity index (χ0n) is 11.4. The Bertz CT molecular complexity index is 142. The zero-order valence-corrected chi connectivity index (χ0v) is 13.8. The van der Waals surface area contributed by atoms with Gasteiger partial charge in [0.2, 0.25) is 0 Å². The molecule has 0 radical (unpaired) electrons.